The van der Waals surface area contributed by atoms with E-state index in [1.54, 1.807) is 19.1 Å². The number of hydrogen-bond donors (Lipinski definition) is 5. The van der Waals surface area contributed by atoms with Gasteiger partial charge in [0.25, 0.3) is 0 Å². The van der Waals surface area contributed by atoms with E-state index >= 15 is 0 Å². The zero-order valence-corrected chi connectivity index (χ0v) is 13.1. The van der Waals surface area contributed by atoms with Crippen LogP contribution >= 0.6 is 7.82 Å². The van der Waals surface area contributed by atoms with Crippen molar-refractivity contribution in [2.75, 3.05) is 6.61 Å². The number of rotatable bonds is 7. The summed E-state index contributed by atoms with van der Waals surface area (Å²) in [6.07, 6.45) is 0.376. The molecule has 1 saturated heterocycles. The Morgan fingerprint density at radius 3 is 2.57 bits per heavy atom. The number of hydrogen-bond acceptors (Lipinski definition) is 7. The minimum absolute atomic E-state index is 0.0447. The largest absolute Gasteiger partial charge is 0.469 e. The number of aliphatic hydroxyl groups is 2. The maximum absolute atomic E-state index is 11.2. The number of phosphoric acid groups is 1. The lowest BCUT2D eigenvalue weighted by Crippen LogP contribution is -2.34. The highest BCUT2D eigenvalue weighted by molar-refractivity contribution is 7.46. The molecule has 0 bridgehead atoms. The molecule has 0 radical (unpaired) electrons. The lowest BCUT2D eigenvalue weighted by Gasteiger charge is -2.14. The molecule has 4 atom stereocenters. The van der Waals surface area contributed by atoms with Gasteiger partial charge in [-0.1, -0.05) is 12.2 Å². The molecule has 11 heteroatoms. The Hall–Kier alpha value is -1.39. The van der Waals surface area contributed by atoms with E-state index in [1.807, 2.05) is 0 Å². The Kier molecular flexibility index (Phi) is 7.23. The van der Waals surface area contributed by atoms with Gasteiger partial charge < -0.3 is 30.5 Å². The number of ether oxygens (including phenoxy) is 1. The number of primary amides is 1. The fourth-order valence-electron chi connectivity index (χ4n) is 1.70. The highest BCUT2D eigenvalue weighted by atomic mass is 31.2. The topological polar surface area (TPSA) is 172 Å². The van der Waals surface area contributed by atoms with Crippen LogP contribution in [0.25, 0.3) is 0 Å². The van der Waals surface area contributed by atoms with Crippen LogP contribution in [0, 0.1) is 0 Å². The zero-order chi connectivity index (χ0) is 17.6. The molecule has 1 aliphatic rings. The van der Waals surface area contributed by atoms with E-state index in [1.165, 1.54) is 6.08 Å². The molecule has 1 fully saturated rings. The summed E-state index contributed by atoms with van der Waals surface area (Å²) in [4.78, 5) is 32.2. The average Bonchev–Trinajstić information content (AvgIpc) is 2.72. The molecule has 0 aliphatic carbocycles. The first-order chi connectivity index (χ1) is 10.7. The summed E-state index contributed by atoms with van der Waals surface area (Å²) in [6.45, 7) is 1.10. The number of amides is 1. The van der Waals surface area contributed by atoms with Crippen LogP contribution in [-0.2, 0) is 18.6 Å². The molecule has 0 aromatic heterocycles. The van der Waals surface area contributed by atoms with Gasteiger partial charge in [-0.3, -0.25) is 14.3 Å². The van der Waals surface area contributed by atoms with Crippen LogP contribution in [-0.4, -0.2) is 63.3 Å². The molecular weight excluding hydrogens is 331 g/mol. The van der Waals surface area contributed by atoms with Crippen LogP contribution in [0.4, 0.5) is 0 Å². The minimum atomic E-state index is -4.73. The van der Waals surface area contributed by atoms with Crippen molar-refractivity contribution in [3.8, 4) is 0 Å². The summed E-state index contributed by atoms with van der Waals surface area (Å²) >= 11 is 0. The van der Waals surface area contributed by atoms with Crippen LogP contribution in [0.15, 0.2) is 28.8 Å². The maximum Gasteiger partial charge on any atom is 0.469 e. The summed E-state index contributed by atoms with van der Waals surface area (Å²) in [5.74, 6) is -0.749. The quantitative estimate of drug-likeness (QED) is 0.161. The summed E-state index contributed by atoms with van der Waals surface area (Å²) in [7, 11) is -4.73. The molecule has 0 saturated carbocycles. The lowest BCUT2D eigenvalue weighted by molar-refractivity contribution is -0.114. The first kappa shape index (κ1) is 19.7. The van der Waals surface area contributed by atoms with Crippen LogP contribution < -0.4 is 5.73 Å². The van der Waals surface area contributed by atoms with E-state index in [9.17, 15) is 19.6 Å². The minimum Gasteiger partial charge on any atom is -0.387 e. The van der Waals surface area contributed by atoms with Crippen molar-refractivity contribution in [2.24, 2.45) is 10.7 Å². The first-order valence-corrected chi connectivity index (χ1v) is 8.06. The molecule has 1 aliphatic heterocycles. The van der Waals surface area contributed by atoms with E-state index in [0.717, 1.165) is 6.21 Å². The number of allylic oxidation sites excluding steroid dienone is 3. The van der Waals surface area contributed by atoms with Gasteiger partial charge in [-0.25, -0.2) is 4.57 Å². The first-order valence-electron chi connectivity index (χ1n) is 6.53. The molecule has 1 heterocycles. The van der Waals surface area contributed by atoms with Gasteiger partial charge in [0, 0.05) is 6.21 Å². The normalized spacial score (nSPS) is 29.7. The lowest BCUT2D eigenvalue weighted by atomic mass is 10.1. The van der Waals surface area contributed by atoms with E-state index in [-0.39, 0.29) is 5.57 Å². The van der Waals surface area contributed by atoms with Gasteiger partial charge in [-0.2, -0.15) is 0 Å². The molecule has 0 aromatic carbocycles. The van der Waals surface area contributed by atoms with E-state index in [0.29, 0.717) is 0 Å². The molecular formula is C12H19N2O8P. The van der Waals surface area contributed by atoms with Crippen molar-refractivity contribution in [1.82, 2.24) is 0 Å². The number of carbonyl (C=O) groups excluding carboxylic acids is 1. The number of nitrogens with two attached hydrogens (primary N) is 1. The van der Waals surface area contributed by atoms with Gasteiger partial charge in [0.05, 0.1) is 12.2 Å². The van der Waals surface area contributed by atoms with Crippen molar-refractivity contribution >= 4 is 19.9 Å². The highest BCUT2D eigenvalue weighted by Crippen LogP contribution is 2.37. The molecule has 0 aromatic rings. The van der Waals surface area contributed by atoms with Gasteiger partial charge >= 0.3 is 7.82 Å². The zero-order valence-electron chi connectivity index (χ0n) is 12.2. The third-order valence-electron chi connectivity index (χ3n) is 2.86. The summed E-state index contributed by atoms with van der Waals surface area (Å²) in [5.41, 5.74) is 5.20. The van der Waals surface area contributed by atoms with Crippen molar-refractivity contribution < 1.29 is 38.6 Å². The Morgan fingerprint density at radius 1 is 1.39 bits per heavy atom. The number of aliphatic imine (C=N–C) groups is 1. The standard InChI is InChI=1S/C12H19N2O8P/c1-2-3-4-7(11(13)17)5-14-12-10(16)9(15)8(22-12)6-21-23(18,19)20/h2-5,8-10,12,15-16H,6H2,1H3,(H2,13,17)(H2,18,19,20)/b3-2-,7-4+,14-5+/t8-,9?,10+,12-/m1/s1. The predicted molar refractivity (Wildman–Crippen MR) is 79.3 cm³/mol. The molecule has 1 rings (SSSR count). The van der Waals surface area contributed by atoms with Gasteiger partial charge in [0.15, 0.2) is 6.23 Å². The SMILES string of the molecule is C\C=C/C=C(\C=N\[C@@H]1O[C@H](COP(=O)(O)O)C(O)[C@@H]1O)C(N)=O. The summed E-state index contributed by atoms with van der Waals surface area (Å²) in [5, 5.41) is 19.5. The Morgan fingerprint density at radius 2 is 2.04 bits per heavy atom. The Bertz CT molecular complexity index is 555. The van der Waals surface area contributed by atoms with E-state index < -0.39 is 44.9 Å². The maximum atomic E-state index is 11.2. The van der Waals surface area contributed by atoms with Gasteiger partial charge in [0.2, 0.25) is 5.91 Å². The smallest absolute Gasteiger partial charge is 0.387 e. The predicted octanol–water partition coefficient (Wildman–Crippen LogP) is -1.40. The molecule has 130 valence electrons. The van der Waals surface area contributed by atoms with E-state index in [4.69, 9.17) is 20.3 Å². The second-order valence-corrected chi connectivity index (χ2v) is 5.86. The number of nitrogens with zero attached hydrogens (tertiary/aromatic N) is 1. The van der Waals surface area contributed by atoms with E-state index in [2.05, 4.69) is 9.52 Å². The molecule has 23 heavy (non-hydrogen) atoms. The van der Waals surface area contributed by atoms with Crippen molar-refractivity contribution in [3.63, 3.8) is 0 Å². The van der Waals surface area contributed by atoms with Crippen molar-refractivity contribution in [1.29, 1.82) is 0 Å². The second kappa shape index (κ2) is 8.46. The van der Waals surface area contributed by atoms with Gasteiger partial charge in [-0.05, 0) is 13.0 Å². The van der Waals surface area contributed by atoms with Crippen LogP contribution in [0.1, 0.15) is 6.92 Å². The van der Waals surface area contributed by atoms with Crippen molar-refractivity contribution in [3.05, 3.63) is 23.8 Å². The van der Waals surface area contributed by atoms with Gasteiger partial charge in [-0.15, -0.1) is 0 Å². The highest BCUT2D eigenvalue weighted by Gasteiger charge is 2.43. The Labute approximate surface area is 132 Å². The third-order valence-corrected chi connectivity index (χ3v) is 3.34. The average molecular weight is 350 g/mol. The van der Waals surface area contributed by atoms with Crippen molar-refractivity contribution in [2.45, 2.75) is 31.5 Å². The molecule has 6 N–H and O–H groups in total. The fourth-order valence-corrected chi connectivity index (χ4v) is 2.04. The number of carbonyl (C=O) groups is 1. The molecule has 1 unspecified atom stereocenters. The fraction of sp³-hybridized carbons (Fsp3) is 0.500. The number of aliphatic hydroxyl groups excluding tert-OH is 2. The van der Waals surface area contributed by atoms with Crippen LogP contribution in [0.3, 0.4) is 0 Å². The number of phosphoric ester groups is 1. The molecule has 10 nitrogen and oxygen atoms in total. The summed E-state index contributed by atoms with van der Waals surface area (Å²) in [6, 6.07) is 0. The summed E-state index contributed by atoms with van der Waals surface area (Å²) < 4.78 is 20.0. The monoisotopic (exact) mass is 350 g/mol. The van der Waals surface area contributed by atoms with Gasteiger partial charge in [0.1, 0.15) is 18.3 Å². The Balaban J connectivity index is 2.75. The van der Waals surface area contributed by atoms with Crippen LogP contribution in [0.5, 0.6) is 0 Å². The molecule has 1 amide bonds. The van der Waals surface area contributed by atoms with Crippen LogP contribution in [0.2, 0.25) is 0 Å². The second-order valence-electron chi connectivity index (χ2n) is 4.62. The molecule has 0 spiro atoms. The third kappa shape index (κ3) is 6.32.